The van der Waals surface area contributed by atoms with E-state index in [1.54, 1.807) is 0 Å². The molecular weight excluding hydrogens is 247 g/mol. The summed E-state index contributed by atoms with van der Waals surface area (Å²) in [4.78, 5) is 15.4. The first-order valence-corrected chi connectivity index (χ1v) is 5.89. The van der Waals surface area contributed by atoms with E-state index >= 15 is 0 Å². The number of nitrogens with one attached hydrogen (secondary N) is 1. The summed E-state index contributed by atoms with van der Waals surface area (Å²) in [7, 11) is 0. The number of para-hydroxylation sites is 1. The fourth-order valence-corrected chi connectivity index (χ4v) is 2.07. The molecule has 1 unspecified atom stereocenters. The van der Waals surface area contributed by atoms with Crippen molar-refractivity contribution >= 4 is 5.91 Å². The highest BCUT2D eigenvalue weighted by molar-refractivity contribution is 5.94. The highest BCUT2D eigenvalue weighted by atomic mass is 19.1. The van der Waals surface area contributed by atoms with Gasteiger partial charge in [0.2, 0.25) is 5.95 Å². The third kappa shape index (κ3) is 2.14. The predicted molar refractivity (Wildman–Crippen MR) is 66.3 cm³/mol. The van der Waals surface area contributed by atoms with E-state index in [1.807, 2.05) is 24.3 Å². The van der Waals surface area contributed by atoms with Crippen molar-refractivity contribution in [3.8, 4) is 5.75 Å². The number of carbonyl (C=O) groups excluding carboxylic acids is 1. The molecule has 0 aliphatic carbocycles. The molecule has 1 amide bonds. The minimum Gasteiger partial charge on any atom is -0.491 e. The third-order valence-electron chi connectivity index (χ3n) is 3.01. The SMILES string of the molecule is O=C(NC1COc2ccccc21)c1cccnc1F. The van der Waals surface area contributed by atoms with Crippen molar-refractivity contribution < 1.29 is 13.9 Å². The van der Waals surface area contributed by atoms with Gasteiger partial charge in [-0.3, -0.25) is 4.79 Å². The second-order valence-electron chi connectivity index (χ2n) is 4.22. The summed E-state index contributed by atoms with van der Waals surface area (Å²) in [5.41, 5.74) is 0.840. The number of carbonyl (C=O) groups is 1. The molecule has 0 spiro atoms. The number of halogens is 1. The molecule has 1 aliphatic heterocycles. The van der Waals surface area contributed by atoms with Crippen LogP contribution < -0.4 is 10.1 Å². The standard InChI is InChI=1S/C14H11FN2O2/c15-13-10(5-3-7-16-13)14(18)17-11-8-19-12-6-2-1-4-9(11)12/h1-7,11H,8H2,(H,17,18). The van der Waals surface area contributed by atoms with Gasteiger partial charge in [0.1, 0.15) is 12.4 Å². The van der Waals surface area contributed by atoms with Crippen LogP contribution >= 0.6 is 0 Å². The Morgan fingerprint density at radius 3 is 3.00 bits per heavy atom. The molecule has 96 valence electrons. The molecule has 1 aromatic carbocycles. The van der Waals surface area contributed by atoms with Gasteiger partial charge in [0, 0.05) is 11.8 Å². The van der Waals surface area contributed by atoms with Crippen molar-refractivity contribution in [1.29, 1.82) is 0 Å². The van der Waals surface area contributed by atoms with E-state index in [0.717, 1.165) is 11.3 Å². The Morgan fingerprint density at radius 2 is 2.16 bits per heavy atom. The second kappa shape index (κ2) is 4.68. The number of nitrogens with zero attached hydrogens (tertiary/aromatic N) is 1. The molecule has 0 saturated carbocycles. The quantitative estimate of drug-likeness (QED) is 0.839. The summed E-state index contributed by atoms with van der Waals surface area (Å²) in [6, 6.07) is 10.1. The number of benzene rings is 1. The van der Waals surface area contributed by atoms with Gasteiger partial charge in [0.05, 0.1) is 11.6 Å². The molecular formula is C14H11FN2O2. The van der Waals surface area contributed by atoms with Gasteiger partial charge in [0.15, 0.2) is 0 Å². The highest BCUT2D eigenvalue weighted by Gasteiger charge is 2.26. The number of hydrogen-bond donors (Lipinski definition) is 1. The van der Waals surface area contributed by atoms with Crippen LogP contribution in [0.4, 0.5) is 4.39 Å². The fraction of sp³-hybridized carbons (Fsp3) is 0.143. The van der Waals surface area contributed by atoms with Crippen molar-refractivity contribution in [3.63, 3.8) is 0 Å². The normalized spacial score (nSPS) is 16.6. The van der Waals surface area contributed by atoms with Gasteiger partial charge in [-0.05, 0) is 18.2 Å². The minimum atomic E-state index is -0.771. The summed E-state index contributed by atoms with van der Waals surface area (Å²) in [5, 5.41) is 2.75. The second-order valence-corrected chi connectivity index (χ2v) is 4.22. The monoisotopic (exact) mass is 258 g/mol. The van der Waals surface area contributed by atoms with Crippen LogP contribution in [-0.2, 0) is 0 Å². The zero-order valence-electron chi connectivity index (χ0n) is 9.97. The Balaban J connectivity index is 1.81. The van der Waals surface area contributed by atoms with Gasteiger partial charge in [-0.25, -0.2) is 4.98 Å². The summed E-state index contributed by atoms with van der Waals surface area (Å²) in [6.07, 6.45) is 1.31. The van der Waals surface area contributed by atoms with Gasteiger partial charge in [-0.2, -0.15) is 4.39 Å². The predicted octanol–water partition coefficient (Wildman–Crippen LogP) is 2.08. The Labute approximate surface area is 109 Å². The molecule has 2 heterocycles. The fourth-order valence-electron chi connectivity index (χ4n) is 2.07. The Morgan fingerprint density at radius 1 is 1.32 bits per heavy atom. The molecule has 1 N–H and O–H groups in total. The van der Waals surface area contributed by atoms with E-state index in [9.17, 15) is 9.18 Å². The lowest BCUT2D eigenvalue weighted by Crippen LogP contribution is -2.30. The van der Waals surface area contributed by atoms with Crippen LogP contribution in [0.5, 0.6) is 5.75 Å². The maximum absolute atomic E-state index is 13.4. The molecule has 4 nitrogen and oxygen atoms in total. The zero-order chi connectivity index (χ0) is 13.2. The number of ether oxygens (including phenoxy) is 1. The Hall–Kier alpha value is -2.43. The Bertz CT molecular complexity index is 630. The van der Waals surface area contributed by atoms with Crippen LogP contribution in [0.15, 0.2) is 42.6 Å². The maximum Gasteiger partial charge on any atom is 0.256 e. The van der Waals surface area contributed by atoms with Gasteiger partial charge in [-0.1, -0.05) is 18.2 Å². The molecule has 19 heavy (non-hydrogen) atoms. The lowest BCUT2D eigenvalue weighted by Gasteiger charge is -2.11. The van der Waals surface area contributed by atoms with Crippen LogP contribution in [0, 0.1) is 5.95 Å². The summed E-state index contributed by atoms with van der Waals surface area (Å²) < 4.78 is 18.9. The van der Waals surface area contributed by atoms with Gasteiger partial charge >= 0.3 is 0 Å². The number of fused-ring (bicyclic) bond motifs is 1. The molecule has 0 fully saturated rings. The van der Waals surface area contributed by atoms with E-state index in [2.05, 4.69) is 10.3 Å². The number of hydrogen-bond acceptors (Lipinski definition) is 3. The smallest absolute Gasteiger partial charge is 0.256 e. The van der Waals surface area contributed by atoms with E-state index in [1.165, 1.54) is 18.3 Å². The van der Waals surface area contributed by atoms with Gasteiger partial charge in [-0.15, -0.1) is 0 Å². The summed E-state index contributed by atoms with van der Waals surface area (Å²) >= 11 is 0. The van der Waals surface area contributed by atoms with Gasteiger partial charge < -0.3 is 10.1 Å². The molecule has 1 atom stereocenters. The van der Waals surface area contributed by atoms with Crippen molar-refractivity contribution in [1.82, 2.24) is 10.3 Å². The number of amides is 1. The number of pyridine rings is 1. The van der Waals surface area contributed by atoms with Crippen LogP contribution in [0.2, 0.25) is 0 Å². The molecule has 3 rings (SSSR count). The first-order valence-electron chi connectivity index (χ1n) is 5.89. The average molecular weight is 258 g/mol. The Kier molecular flexibility index (Phi) is 2.87. The first kappa shape index (κ1) is 11.6. The van der Waals surface area contributed by atoms with Crippen LogP contribution in [-0.4, -0.2) is 17.5 Å². The van der Waals surface area contributed by atoms with E-state index < -0.39 is 11.9 Å². The third-order valence-corrected chi connectivity index (χ3v) is 3.01. The number of rotatable bonds is 2. The van der Waals surface area contributed by atoms with Crippen LogP contribution in [0.1, 0.15) is 22.0 Å². The van der Waals surface area contributed by atoms with Crippen molar-refractivity contribution in [2.75, 3.05) is 6.61 Å². The van der Waals surface area contributed by atoms with Crippen LogP contribution in [0.25, 0.3) is 0 Å². The molecule has 1 aromatic heterocycles. The maximum atomic E-state index is 13.4. The average Bonchev–Trinajstić information content (AvgIpc) is 2.83. The molecule has 0 bridgehead atoms. The molecule has 2 aromatic rings. The topological polar surface area (TPSA) is 51.2 Å². The van der Waals surface area contributed by atoms with Gasteiger partial charge in [0.25, 0.3) is 5.91 Å². The van der Waals surface area contributed by atoms with E-state index in [-0.39, 0.29) is 11.6 Å². The van der Waals surface area contributed by atoms with E-state index in [4.69, 9.17) is 4.74 Å². The van der Waals surface area contributed by atoms with Crippen LogP contribution in [0.3, 0.4) is 0 Å². The zero-order valence-corrected chi connectivity index (χ0v) is 9.97. The molecule has 0 saturated heterocycles. The molecule has 1 aliphatic rings. The summed E-state index contributed by atoms with van der Waals surface area (Å²) in [5.74, 6) is -0.512. The lowest BCUT2D eigenvalue weighted by molar-refractivity contribution is 0.0925. The largest absolute Gasteiger partial charge is 0.491 e. The van der Waals surface area contributed by atoms with Crippen molar-refractivity contribution in [3.05, 3.63) is 59.7 Å². The minimum absolute atomic E-state index is 0.0631. The van der Waals surface area contributed by atoms with Crippen molar-refractivity contribution in [2.45, 2.75) is 6.04 Å². The highest BCUT2D eigenvalue weighted by Crippen LogP contribution is 2.31. The van der Waals surface area contributed by atoms with E-state index in [0.29, 0.717) is 6.61 Å². The summed E-state index contributed by atoms with van der Waals surface area (Å²) in [6.45, 7) is 0.354. The lowest BCUT2D eigenvalue weighted by atomic mass is 10.1. The van der Waals surface area contributed by atoms with Crippen molar-refractivity contribution in [2.24, 2.45) is 0 Å². The number of aromatic nitrogens is 1. The molecule has 5 heteroatoms. The first-order chi connectivity index (χ1) is 9.25. The molecule has 0 radical (unpaired) electrons.